The summed E-state index contributed by atoms with van der Waals surface area (Å²) in [4.78, 5) is 9.25. The molecule has 0 saturated carbocycles. The van der Waals surface area contributed by atoms with Crippen LogP contribution < -0.4 is 6.15 Å². The molecule has 0 aromatic heterocycles. The van der Waals surface area contributed by atoms with Gasteiger partial charge in [-0.2, -0.15) is 8.42 Å². The van der Waals surface area contributed by atoms with Crippen molar-refractivity contribution < 1.29 is 26.7 Å². The van der Waals surface area contributed by atoms with Gasteiger partial charge in [-0.05, 0) is 12.8 Å². The molecule has 0 aliphatic rings. The monoisotopic (exact) mass is 271 g/mol. The summed E-state index contributed by atoms with van der Waals surface area (Å²) in [5, 5.41) is 7.60. The number of carboxylic acid groups (broad SMARTS) is 1. The molecule has 8 heteroatoms. The molecule has 0 heterocycles. The number of hydrogen-bond donors (Lipinski definition) is 2. The second-order valence-corrected chi connectivity index (χ2v) is 3.88. The topological polar surface area (TPSA) is 125 Å². The van der Waals surface area contributed by atoms with Gasteiger partial charge in [-0.15, -0.1) is 0 Å². The Labute approximate surface area is 102 Å². The van der Waals surface area contributed by atoms with E-state index in [0.29, 0.717) is 12.8 Å². The molecule has 0 rings (SSSR count). The Kier molecular flexibility index (Phi) is 16.5. The molecular formula is C9H21NO6S. The molecule has 7 nitrogen and oxygen atoms in total. The van der Waals surface area contributed by atoms with Crippen molar-refractivity contribution in [2.75, 3.05) is 13.2 Å². The molecule has 0 aromatic carbocycles. The van der Waals surface area contributed by atoms with Crippen LogP contribution in [0.3, 0.4) is 0 Å². The lowest BCUT2D eigenvalue weighted by molar-refractivity contribution is -0.131. The first-order valence-electron chi connectivity index (χ1n) is 4.78. The molecule has 0 amide bonds. The van der Waals surface area contributed by atoms with Gasteiger partial charge in [0.25, 0.3) is 0 Å². The number of carbonyl (C=O) groups is 1. The van der Waals surface area contributed by atoms with E-state index in [-0.39, 0.29) is 19.4 Å². The predicted octanol–water partition coefficient (Wildman–Crippen LogP) is 1.50. The quantitative estimate of drug-likeness (QED) is 0.672. The normalized spacial score (nSPS) is 9.53. The molecule has 104 valence electrons. The van der Waals surface area contributed by atoms with Crippen LogP contribution in [0.25, 0.3) is 0 Å². The fourth-order valence-corrected chi connectivity index (χ4v) is 1.21. The highest BCUT2D eigenvalue weighted by atomic mass is 32.3. The number of aliphatic carboxylic acids is 1. The lowest BCUT2D eigenvalue weighted by Crippen LogP contribution is -2.11. The Morgan fingerprint density at radius 1 is 1.24 bits per heavy atom. The lowest BCUT2D eigenvalue weighted by atomic mass is 10.5. The molecule has 0 fully saturated rings. The first-order valence-corrected chi connectivity index (χ1v) is 6.12. The maximum Gasteiger partial charge on any atom is 0.399 e. The van der Waals surface area contributed by atoms with E-state index in [2.05, 4.69) is 14.9 Å². The Morgan fingerprint density at radius 2 is 1.53 bits per heavy atom. The molecule has 0 bridgehead atoms. The third-order valence-electron chi connectivity index (χ3n) is 1.04. The molecular weight excluding hydrogens is 250 g/mol. The zero-order chi connectivity index (χ0) is 13.0. The van der Waals surface area contributed by atoms with E-state index >= 15 is 0 Å². The van der Waals surface area contributed by atoms with E-state index in [1.807, 2.05) is 13.8 Å². The van der Waals surface area contributed by atoms with Crippen molar-refractivity contribution >= 4 is 16.4 Å². The third kappa shape index (κ3) is 21.0. The van der Waals surface area contributed by atoms with Gasteiger partial charge >= 0.3 is 16.4 Å². The van der Waals surface area contributed by atoms with E-state index in [4.69, 9.17) is 5.11 Å². The van der Waals surface area contributed by atoms with Gasteiger partial charge < -0.3 is 11.3 Å². The number of carboxylic acids is 1. The molecule has 0 aromatic rings. The average Bonchev–Trinajstić information content (AvgIpc) is 2.24. The van der Waals surface area contributed by atoms with Crippen LogP contribution in [0.2, 0.25) is 0 Å². The van der Waals surface area contributed by atoms with Gasteiger partial charge in [-0.3, -0.25) is 0 Å². The van der Waals surface area contributed by atoms with Crippen LogP contribution in [0.4, 0.5) is 0 Å². The highest BCUT2D eigenvalue weighted by molar-refractivity contribution is 7.81. The predicted molar refractivity (Wildman–Crippen MR) is 64.3 cm³/mol. The molecule has 0 unspecified atom stereocenters. The SMILES string of the molecule is C=CC(=O)O.CCCOS(=O)(=O)OCCC.N. The van der Waals surface area contributed by atoms with Crippen molar-refractivity contribution in [3.63, 3.8) is 0 Å². The third-order valence-corrected chi connectivity index (χ3v) is 1.95. The van der Waals surface area contributed by atoms with Gasteiger partial charge in [-0.1, -0.05) is 20.4 Å². The first-order chi connectivity index (χ1) is 7.39. The summed E-state index contributed by atoms with van der Waals surface area (Å²) in [6.07, 6.45) is 2.16. The Balaban J connectivity index is -0.000000280. The van der Waals surface area contributed by atoms with E-state index in [1.54, 1.807) is 0 Å². The number of rotatable bonds is 7. The van der Waals surface area contributed by atoms with E-state index in [9.17, 15) is 13.2 Å². The molecule has 0 saturated heterocycles. The van der Waals surface area contributed by atoms with E-state index in [0.717, 1.165) is 6.08 Å². The van der Waals surface area contributed by atoms with Gasteiger partial charge in [0.1, 0.15) is 0 Å². The minimum atomic E-state index is -3.71. The maximum absolute atomic E-state index is 10.7. The second-order valence-electron chi connectivity index (χ2n) is 2.59. The largest absolute Gasteiger partial charge is 0.478 e. The zero-order valence-electron chi connectivity index (χ0n) is 10.2. The van der Waals surface area contributed by atoms with Gasteiger partial charge in [0.05, 0.1) is 13.2 Å². The van der Waals surface area contributed by atoms with Crippen molar-refractivity contribution in [3.8, 4) is 0 Å². The van der Waals surface area contributed by atoms with Crippen LogP contribution in [-0.2, 0) is 23.6 Å². The van der Waals surface area contributed by atoms with Crippen molar-refractivity contribution in [2.45, 2.75) is 26.7 Å². The van der Waals surface area contributed by atoms with Crippen molar-refractivity contribution in [1.29, 1.82) is 0 Å². The van der Waals surface area contributed by atoms with Gasteiger partial charge in [0, 0.05) is 6.08 Å². The fourth-order valence-electron chi connectivity index (χ4n) is 0.405. The molecule has 0 radical (unpaired) electrons. The van der Waals surface area contributed by atoms with E-state index in [1.165, 1.54) is 0 Å². The Morgan fingerprint density at radius 3 is 1.71 bits per heavy atom. The highest BCUT2D eigenvalue weighted by Crippen LogP contribution is 1.97. The minimum absolute atomic E-state index is 0. The summed E-state index contributed by atoms with van der Waals surface area (Å²) in [6.45, 7) is 6.99. The van der Waals surface area contributed by atoms with Crippen LogP contribution in [0, 0.1) is 0 Å². The van der Waals surface area contributed by atoms with Crippen molar-refractivity contribution in [3.05, 3.63) is 12.7 Å². The number of hydrogen-bond acceptors (Lipinski definition) is 6. The summed E-state index contributed by atoms with van der Waals surface area (Å²) in [6, 6.07) is 0. The minimum Gasteiger partial charge on any atom is -0.478 e. The average molecular weight is 271 g/mol. The van der Waals surface area contributed by atoms with Crippen LogP contribution in [0.5, 0.6) is 0 Å². The second kappa shape index (κ2) is 13.1. The van der Waals surface area contributed by atoms with Gasteiger partial charge in [-0.25, -0.2) is 13.2 Å². The highest BCUT2D eigenvalue weighted by Gasteiger charge is 2.09. The first kappa shape index (κ1) is 21.3. The molecule has 0 spiro atoms. The zero-order valence-corrected chi connectivity index (χ0v) is 11.0. The van der Waals surface area contributed by atoms with Gasteiger partial charge in [0.15, 0.2) is 0 Å². The maximum atomic E-state index is 10.7. The summed E-state index contributed by atoms with van der Waals surface area (Å²) in [7, 11) is -3.71. The summed E-state index contributed by atoms with van der Waals surface area (Å²) >= 11 is 0. The van der Waals surface area contributed by atoms with E-state index < -0.39 is 16.4 Å². The molecule has 4 N–H and O–H groups in total. The van der Waals surface area contributed by atoms with Crippen molar-refractivity contribution in [2.24, 2.45) is 0 Å². The van der Waals surface area contributed by atoms with Crippen molar-refractivity contribution in [1.82, 2.24) is 6.15 Å². The Bertz CT molecular complexity index is 274. The fraction of sp³-hybridized carbons (Fsp3) is 0.667. The molecule has 0 aliphatic heterocycles. The van der Waals surface area contributed by atoms with Crippen LogP contribution in [-0.4, -0.2) is 32.7 Å². The summed E-state index contributed by atoms with van der Waals surface area (Å²) < 4.78 is 30.3. The van der Waals surface area contributed by atoms with Gasteiger partial charge in [0.2, 0.25) is 0 Å². The Hall–Kier alpha value is -0.960. The summed E-state index contributed by atoms with van der Waals surface area (Å²) in [5.74, 6) is -0.981. The van der Waals surface area contributed by atoms with Crippen LogP contribution in [0.1, 0.15) is 26.7 Å². The molecule has 0 aliphatic carbocycles. The molecule has 17 heavy (non-hydrogen) atoms. The molecule has 0 atom stereocenters. The smallest absolute Gasteiger partial charge is 0.399 e. The van der Waals surface area contributed by atoms with Crippen LogP contribution in [0.15, 0.2) is 12.7 Å². The lowest BCUT2D eigenvalue weighted by Gasteiger charge is -2.02. The summed E-state index contributed by atoms with van der Waals surface area (Å²) in [5.41, 5.74) is 0. The standard InChI is InChI=1S/C6H14O4S.C3H4O2.H3N/c1-3-5-9-11(7,8)10-6-4-2;1-2-3(4)5;/h3-6H2,1-2H3;2H,1H2,(H,4,5);1H3. The van der Waals surface area contributed by atoms with Crippen LogP contribution >= 0.6 is 0 Å².